The number of ether oxygens (including phenoxy) is 1. The number of anilines is 1. The van der Waals surface area contributed by atoms with Crippen molar-refractivity contribution in [1.82, 2.24) is 4.98 Å². The molecule has 1 amide bonds. The fraction of sp³-hybridized carbons (Fsp3) is 0.273. The molecule has 90 valence electrons. The Labute approximate surface area is 102 Å². The highest BCUT2D eigenvalue weighted by molar-refractivity contribution is 7.21. The molecule has 0 radical (unpaired) electrons. The van der Waals surface area contributed by atoms with Gasteiger partial charge in [-0.05, 0) is 12.5 Å². The lowest BCUT2D eigenvalue weighted by Crippen LogP contribution is -2.10. The Bertz CT molecular complexity index is 565. The third kappa shape index (κ3) is 2.03. The standard InChI is InChI=1S/C11H13N3O2S/c1-2-5-16-6-3-4-14-11-7(6)8(12)9(17-11)10(13)15/h3-4H,2,5,12H2,1H3,(H2,13,15). The van der Waals surface area contributed by atoms with E-state index >= 15 is 0 Å². The number of aromatic nitrogens is 1. The first kappa shape index (κ1) is 11.7. The van der Waals surface area contributed by atoms with E-state index in [1.807, 2.05) is 6.92 Å². The highest BCUT2D eigenvalue weighted by atomic mass is 32.1. The lowest BCUT2D eigenvalue weighted by molar-refractivity contribution is 0.100. The SMILES string of the molecule is CCCOc1ccnc2sc(C(N)=O)c(N)c12. The van der Waals surface area contributed by atoms with Crippen molar-refractivity contribution in [2.45, 2.75) is 13.3 Å². The van der Waals surface area contributed by atoms with Gasteiger partial charge >= 0.3 is 0 Å². The maximum atomic E-state index is 11.2. The van der Waals surface area contributed by atoms with Crippen LogP contribution in [0.15, 0.2) is 12.3 Å². The van der Waals surface area contributed by atoms with Crippen LogP contribution >= 0.6 is 11.3 Å². The highest BCUT2D eigenvalue weighted by Crippen LogP contribution is 2.37. The summed E-state index contributed by atoms with van der Waals surface area (Å²) in [5, 5.41) is 0.680. The van der Waals surface area contributed by atoms with E-state index in [4.69, 9.17) is 16.2 Å². The first-order chi connectivity index (χ1) is 8.15. The van der Waals surface area contributed by atoms with E-state index in [0.717, 1.165) is 6.42 Å². The molecule has 2 heterocycles. The van der Waals surface area contributed by atoms with Crippen molar-refractivity contribution in [1.29, 1.82) is 0 Å². The molecule has 17 heavy (non-hydrogen) atoms. The van der Waals surface area contributed by atoms with Crippen molar-refractivity contribution in [2.75, 3.05) is 12.3 Å². The van der Waals surface area contributed by atoms with Gasteiger partial charge in [0.25, 0.3) is 5.91 Å². The Balaban J connectivity index is 2.58. The molecule has 2 aromatic heterocycles. The van der Waals surface area contributed by atoms with Gasteiger partial charge in [-0.3, -0.25) is 4.79 Å². The van der Waals surface area contributed by atoms with Crippen LogP contribution < -0.4 is 16.2 Å². The lowest BCUT2D eigenvalue weighted by Gasteiger charge is -2.05. The number of nitrogens with two attached hydrogens (primary N) is 2. The monoisotopic (exact) mass is 251 g/mol. The van der Waals surface area contributed by atoms with Crippen LogP contribution in [-0.2, 0) is 0 Å². The molecule has 2 rings (SSSR count). The van der Waals surface area contributed by atoms with Gasteiger partial charge in [0.15, 0.2) is 0 Å². The Morgan fingerprint density at radius 2 is 2.35 bits per heavy atom. The van der Waals surface area contributed by atoms with Gasteiger partial charge in [0.2, 0.25) is 0 Å². The Kier molecular flexibility index (Phi) is 3.14. The van der Waals surface area contributed by atoms with Gasteiger partial charge in [-0.25, -0.2) is 4.98 Å². The minimum absolute atomic E-state index is 0.333. The highest BCUT2D eigenvalue weighted by Gasteiger charge is 2.17. The van der Waals surface area contributed by atoms with Gasteiger partial charge in [-0.15, -0.1) is 11.3 Å². The summed E-state index contributed by atoms with van der Waals surface area (Å²) in [5.74, 6) is 0.116. The molecule has 0 saturated carbocycles. The number of primary amides is 1. The largest absolute Gasteiger partial charge is 0.493 e. The van der Waals surface area contributed by atoms with Gasteiger partial charge in [-0.2, -0.15) is 0 Å². The van der Waals surface area contributed by atoms with E-state index in [-0.39, 0.29) is 0 Å². The van der Waals surface area contributed by atoms with Crippen LogP contribution in [0, 0.1) is 0 Å². The van der Waals surface area contributed by atoms with Crippen molar-refractivity contribution < 1.29 is 9.53 Å². The quantitative estimate of drug-likeness (QED) is 0.866. The summed E-state index contributed by atoms with van der Waals surface area (Å²) >= 11 is 1.19. The molecule has 0 spiro atoms. The number of rotatable bonds is 4. The van der Waals surface area contributed by atoms with Crippen LogP contribution in [0.5, 0.6) is 5.75 Å². The van der Waals surface area contributed by atoms with Crippen molar-refractivity contribution in [3.63, 3.8) is 0 Å². The van der Waals surface area contributed by atoms with Crippen molar-refractivity contribution in [3.05, 3.63) is 17.1 Å². The van der Waals surface area contributed by atoms with E-state index in [1.54, 1.807) is 12.3 Å². The molecule has 0 aliphatic rings. The zero-order chi connectivity index (χ0) is 12.4. The van der Waals surface area contributed by atoms with E-state index in [9.17, 15) is 4.79 Å². The summed E-state index contributed by atoms with van der Waals surface area (Å²) in [6, 6.07) is 1.74. The topological polar surface area (TPSA) is 91.2 Å². The average Bonchev–Trinajstić information content (AvgIpc) is 2.65. The second-order valence-corrected chi connectivity index (χ2v) is 4.55. The number of carbonyl (C=O) groups excluding carboxylic acids is 1. The molecule has 6 heteroatoms. The molecular formula is C11H13N3O2S. The predicted molar refractivity (Wildman–Crippen MR) is 68.3 cm³/mol. The van der Waals surface area contributed by atoms with Crippen molar-refractivity contribution >= 4 is 33.1 Å². The van der Waals surface area contributed by atoms with Gasteiger partial charge < -0.3 is 16.2 Å². The smallest absolute Gasteiger partial charge is 0.260 e. The molecule has 5 nitrogen and oxygen atoms in total. The average molecular weight is 251 g/mol. The number of amides is 1. The maximum Gasteiger partial charge on any atom is 0.260 e. The summed E-state index contributed by atoms with van der Waals surface area (Å²) < 4.78 is 5.58. The van der Waals surface area contributed by atoms with E-state index in [0.29, 0.717) is 33.1 Å². The zero-order valence-electron chi connectivity index (χ0n) is 9.40. The number of carbonyl (C=O) groups is 1. The molecule has 0 unspecified atom stereocenters. The van der Waals surface area contributed by atoms with Crippen LogP contribution in [-0.4, -0.2) is 17.5 Å². The van der Waals surface area contributed by atoms with E-state index < -0.39 is 5.91 Å². The fourth-order valence-electron chi connectivity index (χ4n) is 1.53. The summed E-state index contributed by atoms with van der Waals surface area (Å²) in [6.07, 6.45) is 2.53. The molecule has 0 aliphatic carbocycles. The predicted octanol–water partition coefficient (Wildman–Crippen LogP) is 1.77. The Morgan fingerprint density at radius 3 is 3.00 bits per heavy atom. The van der Waals surface area contributed by atoms with Crippen LogP contribution in [0.3, 0.4) is 0 Å². The molecule has 0 saturated heterocycles. The zero-order valence-corrected chi connectivity index (χ0v) is 10.2. The lowest BCUT2D eigenvalue weighted by atomic mass is 10.2. The van der Waals surface area contributed by atoms with Crippen molar-refractivity contribution in [3.8, 4) is 5.75 Å². The number of nitrogens with zero attached hydrogens (tertiary/aromatic N) is 1. The second kappa shape index (κ2) is 4.58. The van der Waals surface area contributed by atoms with Crippen LogP contribution in [0.1, 0.15) is 23.0 Å². The van der Waals surface area contributed by atoms with Gasteiger partial charge in [0.05, 0.1) is 17.7 Å². The fourth-order valence-corrected chi connectivity index (χ4v) is 2.46. The summed E-state index contributed by atoms with van der Waals surface area (Å²) in [6.45, 7) is 2.62. The summed E-state index contributed by atoms with van der Waals surface area (Å²) in [5.41, 5.74) is 11.5. The molecule has 0 aromatic carbocycles. The third-order valence-corrected chi connectivity index (χ3v) is 3.40. The van der Waals surface area contributed by atoms with E-state index in [1.165, 1.54) is 11.3 Å². The molecule has 0 aliphatic heterocycles. The van der Waals surface area contributed by atoms with Gasteiger partial charge in [0, 0.05) is 6.20 Å². The van der Waals surface area contributed by atoms with Gasteiger partial charge in [0.1, 0.15) is 15.5 Å². The summed E-state index contributed by atoms with van der Waals surface area (Å²) in [7, 11) is 0. The molecule has 0 atom stereocenters. The molecule has 0 bridgehead atoms. The minimum Gasteiger partial charge on any atom is -0.493 e. The third-order valence-electron chi connectivity index (χ3n) is 2.28. The van der Waals surface area contributed by atoms with Crippen LogP contribution in [0.4, 0.5) is 5.69 Å². The van der Waals surface area contributed by atoms with Crippen LogP contribution in [0.2, 0.25) is 0 Å². The van der Waals surface area contributed by atoms with Crippen LogP contribution in [0.25, 0.3) is 10.2 Å². The number of pyridine rings is 1. The number of nitrogen functional groups attached to an aromatic ring is 1. The summed E-state index contributed by atoms with van der Waals surface area (Å²) in [4.78, 5) is 16.4. The van der Waals surface area contributed by atoms with E-state index in [2.05, 4.69) is 4.98 Å². The normalized spacial score (nSPS) is 10.6. The number of thiophene rings is 1. The number of hydrogen-bond donors (Lipinski definition) is 2. The first-order valence-corrected chi connectivity index (χ1v) is 6.06. The molecule has 2 aromatic rings. The Hall–Kier alpha value is -1.82. The number of hydrogen-bond acceptors (Lipinski definition) is 5. The second-order valence-electron chi connectivity index (χ2n) is 3.55. The molecule has 4 N–H and O–H groups in total. The minimum atomic E-state index is -0.535. The van der Waals surface area contributed by atoms with Crippen molar-refractivity contribution in [2.24, 2.45) is 5.73 Å². The van der Waals surface area contributed by atoms with Gasteiger partial charge in [-0.1, -0.05) is 6.92 Å². The Morgan fingerprint density at radius 1 is 1.59 bits per heavy atom. The first-order valence-electron chi connectivity index (χ1n) is 5.24. The number of fused-ring (bicyclic) bond motifs is 1. The maximum absolute atomic E-state index is 11.2. The molecule has 0 fully saturated rings. The molecular weight excluding hydrogens is 238 g/mol.